The lowest BCUT2D eigenvalue weighted by atomic mass is 10.0. The molecule has 0 bridgehead atoms. The minimum Gasteiger partial charge on any atom is -0.465 e. The molecule has 2 aliphatic rings. The topological polar surface area (TPSA) is 117 Å². The zero-order chi connectivity index (χ0) is 32.2. The van der Waals surface area contributed by atoms with Gasteiger partial charge in [0.15, 0.2) is 11.3 Å². The maximum atomic E-state index is 14.8. The number of aromatic nitrogens is 4. The first-order valence-electron chi connectivity index (χ1n) is 14.8. The average molecular weight is 626 g/mol. The number of hydrogen-bond donors (Lipinski definition) is 1. The maximum absolute atomic E-state index is 14.8. The van der Waals surface area contributed by atoms with Crippen LogP contribution in [0.5, 0.6) is 6.01 Å². The lowest BCUT2D eigenvalue weighted by Gasteiger charge is -2.44. The van der Waals surface area contributed by atoms with Crippen LogP contribution in [0.15, 0.2) is 41.2 Å². The molecule has 4 heterocycles. The molecular weight excluding hydrogens is 591 g/mol. The van der Waals surface area contributed by atoms with Gasteiger partial charge >= 0.3 is 18.3 Å². The molecule has 238 valence electrons. The minimum atomic E-state index is -5.02. The van der Waals surface area contributed by atoms with Gasteiger partial charge in [0.05, 0.1) is 5.69 Å². The van der Waals surface area contributed by atoms with Crippen LogP contribution in [0.4, 0.5) is 23.8 Å². The van der Waals surface area contributed by atoms with Crippen molar-refractivity contribution in [2.24, 2.45) is 0 Å². The van der Waals surface area contributed by atoms with E-state index in [-0.39, 0.29) is 54.3 Å². The van der Waals surface area contributed by atoms with Crippen molar-refractivity contribution in [1.29, 1.82) is 0 Å². The quantitative estimate of drug-likeness (QED) is 0.337. The summed E-state index contributed by atoms with van der Waals surface area (Å²) in [7, 11) is 1.98. The van der Waals surface area contributed by atoms with E-state index in [1.165, 1.54) is 11.0 Å². The van der Waals surface area contributed by atoms with Gasteiger partial charge < -0.3 is 24.5 Å². The lowest BCUT2D eigenvalue weighted by molar-refractivity contribution is -0.146. The number of piperazine rings is 1. The van der Waals surface area contributed by atoms with Gasteiger partial charge in [0.1, 0.15) is 12.1 Å². The average Bonchev–Trinajstić information content (AvgIpc) is 3.39. The first-order valence-corrected chi connectivity index (χ1v) is 14.8. The van der Waals surface area contributed by atoms with E-state index in [0.29, 0.717) is 20.9 Å². The molecule has 2 saturated heterocycles. The normalized spacial score (nSPS) is 21.2. The highest BCUT2D eigenvalue weighted by molar-refractivity contribution is 5.94. The Kier molecular flexibility index (Phi) is 7.79. The molecule has 14 heteroatoms. The molecule has 0 radical (unpaired) electrons. The van der Waals surface area contributed by atoms with Gasteiger partial charge in [-0.15, -0.1) is 0 Å². The summed E-state index contributed by atoms with van der Waals surface area (Å²) in [4.78, 5) is 44.2. The van der Waals surface area contributed by atoms with E-state index in [9.17, 15) is 27.9 Å². The number of amides is 1. The molecule has 1 amide bonds. The highest BCUT2D eigenvalue weighted by Gasteiger charge is 2.41. The summed E-state index contributed by atoms with van der Waals surface area (Å²) >= 11 is 0. The molecule has 2 aromatic heterocycles. The second-order valence-electron chi connectivity index (χ2n) is 11.9. The molecule has 45 heavy (non-hydrogen) atoms. The van der Waals surface area contributed by atoms with Gasteiger partial charge in [0.25, 0.3) is 5.56 Å². The van der Waals surface area contributed by atoms with Gasteiger partial charge in [-0.1, -0.05) is 30.3 Å². The van der Waals surface area contributed by atoms with Crippen molar-refractivity contribution in [3.05, 3.63) is 58.1 Å². The number of anilines is 1. The molecule has 0 spiro atoms. The van der Waals surface area contributed by atoms with E-state index in [4.69, 9.17) is 4.74 Å². The number of alkyl halides is 3. The highest BCUT2D eigenvalue weighted by Crippen LogP contribution is 2.36. The fourth-order valence-electron chi connectivity index (χ4n) is 6.64. The number of likely N-dealkylation sites (N-methyl/N-ethyl adjacent to an activating group) is 1. The Labute approximate surface area is 256 Å². The lowest BCUT2D eigenvalue weighted by Crippen LogP contribution is -2.58. The summed E-state index contributed by atoms with van der Waals surface area (Å²) in [6.07, 6.45) is -4.23. The number of carboxylic acid groups (broad SMARTS) is 1. The van der Waals surface area contributed by atoms with E-state index in [1.54, 1.807) is 56.0 Å². The van der Waals surface area contributed by atoms with Crippen molar-refractivity contribution in [2.75, 3.05) is 38.2 Å². The van der Waals surface area contributed by atoms with E-state index in [0.717, 1.165) is 19.4 Å². The molecule has 2 aromatic carbocycles. The molecule has 1 N–H and O–H groups in total. The smallest absolute Gasteiger partial charge is 0.450 e. The predicted octanol–water partition coefficient (Wildman–Crippen LogP) is 4.71. The molecule has 11 nitrogen and oxygen atoms in total. The van der Waals surface area contributed by atoms with Gasteiger partial charge in [-0.25, -0.2) is 9.78 Å². The van der Waals surface area contributed by atoms with Gasteiger partial charge in [-0.05, 0) is 64.2 Å². The number of halogens is 3. The van der Waals surface area contributed by atoms with E-state index in [2.05, 4.69) is 19.9 Å². The highest BCUT2D eigenvalue weighted by atomic mass is 19.4. The third-order valence-electron chi connectivity index (χ3n) is 8.78. The van der Waals surface area contributed by atoms with Crippen molar-refractivity contribution in [3.63, 3.8) is 0 Å². The standard InChI is InChI=1S/C31H34F3N7O4/c1-17-8-5-9-20-10-6-12-22(23(17)20)41-27(42)25-24(35-28(41)31(32,33)34)26(40-18(2)14-39(30(43)44)15-19(40)3)37-29(36-25)45-16-21-11-7-13-38(21)4/h5-6,8-10,12,18-19,21H,7,11,13-16H2,1-4H3,(H,43,44)/t18-,19-,21?/m0/s1. The summed E-state index contributed by atoms with van der Waals surface area (Å²) in [5, 5.41) is 10.8. The Hall–Kier alpha value is -4.46. The predicted molar refractivity (Wildman–Crippen MR) is 162 cm³/mol. The summed E-state index contributed by atoms with van der Waals surface area (Å²) in [6.45, 7) is 6.55. The van der Waals surface area contributed by atoms with Crippen molar-refractivity contribution >= 4 is 33.7 Å². The second-order valence-corrected chi connectivity index (χ2v) is 11.9. The van der Waals surface area contributed by atoms with Crippen LogP contribution >= 0.6 is 0 Å². The summed E-state index contributed by atoms with van der Waals surface area (Å²) in [5.74, 6) is -1.42. The Morgan fingerprint density at radius 2 is 1.73 bits per heavy atom. The van der Waals surface area contributed by atoms with Crippen molar-refractivity contribution in [2.45, 2.75) is 57.9 Å². The van der Waals surface area contributed by atoms with Crippen LogP contribution in [-0.4, -0.2) is 91.9 Å². The van der Waals surface area contributed by atoms with Crippen molar-refractivity contribution < 1.29 is 27.8 Å². The molecular formula is C31H34F3N7O4. The number of fused-ring (bicyclic) bond motifs is 2. The van der Waals surface area contributed by atoms with Crippen LogP contribution in [0, 0.1) is 6.92 Å². The summed E-state index contributed by atoms with van der Waals surface area (Å²) in [5.41, 5.74) is -0.944. The number of benzene rings is 2. The minimum absolute atomic E-state index is 0.0105. The van der Waals surface area contributed by atoms with E-state index < -0.39 is 35.7 Å². The zero-order valence-corrected chi connectivity index (χ0v) is 25.4. The molecule has 0 aliphatic carbocycles. The summed E-state index contributed by atoms with van der Waals surface area (Å²) in [6, 6.07) is 9.08. The molecule has 0 saturated carbocycles. The molecule has 2 fully saturated rings. The van der Waals surface area contributed by atoms with Gasteiger partial charge in [0, 0.05) is 36.6 Å². The van der Waals surface area contributed by atoms with Crippen LogP contribution in [0.3, 0.4) is 0 Å². The number of likely N-dealkylation sites (tertiary alicyclic amines) is 1. The number of nitrogens with zero attached hydrogens (tertiary/aromatic N) is 7. The number of ether oxygens (including phenoxy) is 1. The Morgan fingerprint density at radius 3 is 2.36 bits per heavy atom. The largest absolute Gasteiger partial charge is 0.465 e. The third kappa shape index (κ3) is 5.51. The number of aryl methyl sites for hydroxylation is 1. The van der Waals surface area contributed by atoms with E-state index in [1.807, 2.05) is 7.05 Å². The number of rotatable bonds is 5. The zero-order valence-electron chi connectivity index (χ0n) is 25.4. The van der Waals surface area contributed by atoms with Gasteiger partial charge in [-0.2, -0.15) is 23.1 Å². The summed E-state index contributed by atoms with van der Waals surface area (Å²) < 4.78 is 51.1. The second kappa shape index (κ2) is 11.5. The van der Waals surface area contributed by atoms with Crippen LogP contribution in [0.25, 0.3) is 27.5 Å². The molecule has 1 unspecified atom stereocenters. The number of hydrogen-bond acceptors (Lipinski definition) is 8. The van der Waals surface area contributed by atoms with E-state index >= 15 is 0 Å². The van der Waals surface area contributed by atoms with Crippen LogP contribution in [0.2, 0.25) is 0 Å². The monoisotopic (exact) mass is 625 g/mol. The van der Waals surface area contributed by atoms with Crippen LogP contribution in [0.1, 0.15) is 38.1 Å². The fraction of sp³-hybridized carbons (Fsp3) is 0.452. The Morgan fingerprint density at radius 1 is 1.04 bits per heavy atom. The molecule has 4 aromatic rings. The first kappa shape index (κ1) is 30.6. The van der Waals surface area contributed by atoms with Crippen molar-refractivity contribution in [1.82, 2.24) is 29.3 Å². The van der Waals surface area contributed by atoms with Crippen molar-refractivity contribution in [3.8, 4) is 11.7 Å². The van der Waals surface area contributed by atoms with Crippen LogP contribution in [-0.2, 0) is 6.18 Å². The first-order chi connectivity index (χ1) is 21.3. The SMILES string of the molecule is Cc1cccc2cccc(-n3c(C(F)(F)F)nc4c(N5[C@@H](C)CN(C(=O)O)C[C@@H]5C)nc(OCC5CCCN5C)nc4c3=O)c12. The molecule has 2 aliphatic heterocycles. The Balaban J connectivity index is 1.61. The Bertz CT molecular complexity index is 1830. The number of carbonyl (C=O) groups is 1. The third-order valence-corrected chi connectivity index (χ3v) is 8.78. The van der Waals surface area contributed by atoms with Gasteiger partial charge in [0.2, 0.25) is 5.82 Å². The molecule has 6 rings (SSSR count). The maximum Gasteiger partial charge on any atom is 0.450 e. The fourth-order valence-corrected chi connectivity index (χ4v) is 6.64. The van der Waals surface area contributed by atoms with Crippen LogP contribution < -0.4 is 15.2 Å². The molecule has 3 atom stereocenters. The van der Waals surface area contributed by atoms with Gasteiger partial charge in [-0.3, -0.25) is 9.36 Å².